The van der Waals surface area contributed by atoms with Crippen molar-refractivity contribution in [2.24, 2.45) is 0 Å². The van der Waals surface area contributed by atoms with E-state index in [9.17, 15) is 0 Å². The Bertz CT molecular complexity index is 413. The van der Waals surface area contributed by atoms with Crippen molar-refractivity contribution in [1.82, 2.24) is 4.72 Å². The minimum atomic E-state index is 0.150. The van der Waals surface area contributed by atoms with Gasteiger partial charge in [-0.2, -0.15) is 0 Å². The van der Waals surface area contributed by atoms with Crippen LogP contribution >= 0.6 is 11.9 Å². The average molecular weight is 249 g/mol. The van der Waals surface area contributed by atoms with Gasteiger partial charge < -0.3 is 0 Å². The molecule has 1 aromatic rings. The molecular weight excluding hydrogens is 226 g/mol. The van der Waals surface area contributed by atoms with Gasteiger partial charge in [0.25, 0.3) is 0 Å². The summed E-state index contributed by atoms with van der Waals surface area (Å²) in [6, 6.07) is 6.83. The Morgan fingerprint density at radius 2 is 1.88 bits per heavy atom. The molecule has 0 amide bonds. The van der Waals surface area contributed by atoms with Gasteiger partial charge in [0.15, 0.2) is 0 Å². The third-order valence-corrected chi connectivity index (χ3v) is 4.54. The van der Waals surface area contributed by atoms with Gasteiger partial charge in [0, 0.05) is 10.4 Å². The molecule has 1 aliphatic rings. The van der Waals surface area contributed by atoms with E-state index >= 15 is 0 Å². The number of rotatable bonds is 3. The maximum atomic E-state index is 3.51. The van der Waals surface area contributed by atoms with Gasteiger partial charge in [-0.05, 0) is 69.5 Å². The second-order valence-corrected chi connectivity index (χ2v) is 7.36. The summed E-state index contributed by atoms with van der Waals surface area (Å²) in [5.74, 6) is 0. The molecule has 0 spiro atoms. The molecule has 1 saturated carbocycles. The molecule has 0 radical (unpaired) electrons. The molecule has 1 aliphatic carbocycles. The second kappa shape index (κ2) is 4.33. The van der Waals surface area contributed by atoms with E-state index < -0.39 is 0 Å². The first kappa shape index (κ1) is 13.0. The maximum absolute atomic E-state index is 3.51. The van der Waals surface area contributed by atoms with Crippen molar-refractivity contribution >= 4 is 11.9 Å². The Balaban J connectivity index is 2.21. The Hall–Kier alpha value is -0.470. The van der Waals surface area contributed by atoms with Gasteiger partial charge in [-0.15, -0.1) is 0 Å². The third kappa shape index (κ3) is 3.26. The molecule has 0 atom stereocenters. The highest BCUT2D eigenvalue weighted by atomic mass is 32.2. The normalized spacial score (nSPS) is 18.2. The fraction of sp³-hybridized carbons (Fsp3) is 0.600. The zero-order chi connectivity index (χ0) is 12.7. The van der Waals surface area contributed by atoms with Crippen LogP contribution in [0.3, 0.4) is 0 Å². The first-order valence-corrected chi connectivity index (χ1v) is 7.17. The molecular formula is C15H23NS. The minimum Gasteiger partial charge on any atom is -0.255 e. The van der Waals surface area contributed by atoms with Crippen LogP contribution < -0.4 is 4.72 Å². The molecule has 0 aliphatic heterocycles. The summed E-state index contributed by atoms with van der Waals surface area (Å²) in [7, 11) is 0. The van der Waals surface area contributed by atoms with Crippen molar-refractivity contribution in [1.29, 1.82) is 0 Å². The maximum Gasteiger partial charge on any atom is 0.0266 e. The van der Waals surface area contributed by atoms with Gasteiger partial charge in [-0.25, -0.2) is 0 Å². The summed E-state index contributed by atoms with van der Waals surface area (Å²) < 4.78 is 3.51. The smallest absolute Gasteiger partial charge is 0.0266 e. The number of benzene rings is 1. The predicted octanol–water partition coefficient (Wildman–Crippen LogP) is 4.44. The van der Waals surface area contributed by atoms with Gasteiger partial charge in [-0.3, -0.25) is 4.72 Å². The van der Waals surface area contributed by atoms with Crippen molar-refractivity contribution in [3.8, 4) is 0 Å². The summed E-state index contributed by atoms with van der Waals surface area (Å²) in [6.45, 7) is 11.2. The Kier molecular flexibility index (Phi) is 3.30. The highest BCUT2D eigenvalue weighted by Crippen LogP contribution is 2.50. The van der Waals surface area contributed by atoms with E-state index in [1.54, 1.807) is 11.9 Å². The standard InChI is InChI=1S/C15H23NS/c1-11-6-7-13(17-16-14(2,3)4)12(10-11)15(5)8-9-15/h6-7,10,16H,8-9H2,1-5H3. The molecule has 0 bridgehead atoms. The summed E-state index contributed by atoms with van der Waals surface area (Å²) in [6.07, 6.45) is 2.67. The molecule has 0 aromatic heterocycles. The SMILES string of the molecule is Cc1ccc(SNC(C)(C)C)c(C2(C)CC2)c1. The molecule has 0 saturated heterocycles. The predicted molar refractivity (Wildman–Crippen MR) is 76.5 cm³/mol. The molecule has 2 rings (SSSR count). The summed E-state index contributed by atoms with van der Waals surface area (Å²) in [5, 5.41) is 0. The molecule has 1 aromatic carbocycles. The topological polar surface area (TPSA) is 12.0 Å². The molecule has 0 unspecified atom stereocenters. The van der Waals surface area contributed by atoms with E-state index in [0.29, 0.717) is 5.41 Å². The molecule has 1 nitrogen and oxygen atoms in total. The lowest BCUT2D eigenvalue weighted by Gasteiger charge is -2.22. The Morgan fingerprint density at radius 3 is 2.41 bits per heavy atom. The monoisotopic (exact) mass is 249 g/mol. The average Bonchev–Trinajstić information content (AvgIpc) is 2.95. The fourth-order valence-corrected chi connectivity index (χ4v) is 2.84. The van der Waals surface area contributed by atoms with Gasteiger partial charge in [-0.1, -0.05) is 24.6 Å². The van der Waals surface area contributed by atoms with E-state index in [4.69, 9.17) is 0 Å². The van der Waals surface area contributed by atoms with Crippen molar-refractivity contribution in [2.45, 2.75) is 63.3 Å². The van der Waals surface area contributed by atoms with Gasteiger partial charge >= 0.3 is 0 Å². The van der Waals surface area contributed by atoms with Crippen LogP contribution in [0.2, 0.25) is 0 Å². The highest BCUT2D eigenvalue weighted by Gasteiger charge is 2.40. The summed E-state index contributed by atoms with van der Waals surface area (Å²) in [5.41, 5.74) is 3.48. The van der Waals surface area contributed by atoms with Crippen molar-refractivity contribution in [3.63, 3.8) is 0 Å². The zero-order valence-electron chi connectivity index (χ0n) is 11.6. The van der Waals surface area contributed by atoms with Crippen molar-refractivity contribution < 1.29 is 0 Å². The number of aryl methyl sites for hydroxylation is 1. The first-order chi connectivity index (χ1) is 7.80. The van der Waals surface area contributed by atoms with Crippen LogP contribution in [0.5, 0.6) is 0 Å². The molecule has 2 heteroatoms. The van der Waals surface area contributed by atoms with Crippen LogP contribution in [0.15, 0.2) is 23.1 Å². The quantitative estimate of drug-likeness (QED) is 0.795. The first-order valence-electron chi connectivity index (χ1n) is 6.35. The molecule has 94 valence electrons. The van der Waals surface area contributed by atoms with Crippen LogP contribution in [-0.4, -0.2) is 5.54 Å². The van der Waals surface area contributed by atoms with Gasteiger partial charge in [0.2, 0.25) is 0 Å². The van der Waals surface area contributed by atoms with Crippen molar-refractivity contribution in [2.75, 3.05) is 0 Å². The largest absolute Gasteiger partial charge is 0.255 e. The van der Waals surface area contributed by atoms with E-state index in [1.165, 1.54) is 28.9 Å². The zero-order valence-corrected chi connectivity index (χ0v) is 12.4. The second-order valence-electron chi connectivity index (χ2n) is 6.51. The fourth-order valence-electron chi connectivity index (χ4n) is 1.87. The van der Waals surface area contributed by atoms with Crippen LogP contribution in [-0.2, 0) is 5.41 Å². The van der Waals surface area contributed by atoms with Gasteiger partial charge in [0.1, 0.15) is 0 Å². The van der Waals surface area contributed by atoms with Crippen LogP contribution in [0.4, 0.5) is 0 Å². The summed E-state index contributed by atoms with van der Waals surface area (Å²) in [4.78, 5) is 1.39. The van der Waals surface area contributed by atoms with Crippen molar-refractivity contribution in [3.05, 3.63) is 29.3 Å². The lowest BCUT2D eigenvalue weighted by molar-refractivity contribution is 0.535. The Morgan fingerprint density at radius 1 is 1.24 bits per heavy atom. The number of nitrogens with one attached hydrogen (secondary N) is 1. The lowest BCUT2D eigenvalue weighted by Crippen LogP contribution is -2.30. The molecule has 0 heterocycles. The molecule has 1 fully saturated rings. The molecule has 1 N–H and O–H groups in total. The van der Waals surface area contributed by atoms with E-state index in [1.807, 2.05) is 0 Å². The highest BCUT2D eigenvalue weighted by molar-refractivity contribution is 7.97. The summed E-state index contributed by atoms with van der Waals surface area (Å²) >= 11 is 1.78. The third-order valence-electron chi connectivity index (χ3n) is 3.25. The minimum absolute atomic E-state index is 0.150. The van der Waals surface area contributed by atoms with E-state index in [2.05, 4.69) is 57.5 Å². The van der Waals surface area contributed by atoms with E-state index in [-0.39, 0.29) is 5.54 Å². The Labute approximate surface area is 110 Å². The number of hydrogen-bond donors (Lipinski definition) is 1. The number of hydrogen-bond acceptors (Lipinski definition) is 2. The van der Waals surface area contributed by atoms with E-state index in [0.717, 1.165) is 0 Å². The lowest BCUT2D eigenvalue weighted by atomic mass is 9.97. The van der Waals surface area contributed by atoms with Crippen LogP contribution in [0.25, 0.3) is 0 Å². The van der Waals surface area contributed by atoms with Crippen LogP contribution in [0.1, 0.15) is 51.7 Å². The molecule has 17 heavy (non-hydrogen) atoms. The van der Waals surface area contributed by atoms with Gasteiger partial charge in [0.05, 0.1) is 0 Å². The van der Waals surface area contributed by atoms with Crippen LogP contribution in [0, 0.1) is 6.92 Å².